The molecule has 2 aromatic heterocycles. The normalized spacial score (nSPS) is 11.2. The van der Waals surface area contributed by atoms with Crippen LogP contribution in [0.1, 0.15) is 34.1 Å². The average Bonchev–Trinajstić information content (AvgIpc) is 3.13. The quantitative estimate of drug-likeness (QED) is 0.352. The molecule has 0 aliphatic rings. The summed E-state index contributed by atoms with van der Waals surface area (Å²) in [5, 5.41) is 10.4. The smallest absolute Gasteiger partial charge is 0.252 e. The van der Waals surface area contributed by atoms with Crippen molar-refractivity contribution in [2.24, 2.45) is 4.99 Å². The lowest BCUT2D eigenvalue weighted by Crippen LogP contribution is -2.41. The highest BCUT2D eigenvalue weighted by molar-refractivity contribution is 7.11. The number of nitrogens with one attached hydrogen (secondary N) is 3. The van der Waals surface area contributed by atoms with Gasteiger partial charge in [-0.3, -0.25) is 14.8 Å². The van der Waals surface area contributed by atoms with Gasteiger partial charge in [0.25, 0.3) is 5.91 Å². The van der Waals surface area contributed by atoms with Gasteiger partial charge < -0.3 is 16.0 Å². The maximum absolute atomic E-state index is 11.9. The highest BCUT2D eigenvalue weighted by Gasteiger charge is 2.04. The van der Waals surface area contributed by atoms with Gasteiger partial charge in [-0.15, -0.1) is 11.3 Å². The van der Waals surface area contributed by atoms with Crippen molar-refractivity contribution in [1.29, 1.82) is 0 Å². The molecule has 26 heavy (non-hydrogen) atoms. The number of aryl methyl sites for hydroxylation is 1. The van der Waals surface area contributed by atoms with Crippen LogP contribution >= 0.6 is 11.3 Å². The first-order valence-corrected chi connectivity index (χ1v) is 9.68. The van der Waals surface area contributed by atoms with Gasteiger partial charge in [0.05, 0.1) is 10.6 Å². The van der Waals surface area contributed by atoms with Crippen LogP contribution in [0.5, 0.6) is 0 Å². The van der Waals surface area contributed by atoms with Crippen LogP contribution in [0, 0.1) is 0 Å². The first-order chi connectivity index (χ1) is 12.7. The second-order valence-corrected chi connectivity index (χ2v) is 6.71. The summed E-state index contributed by atoms with van der Waals surface area (Å²) in [6.45, 7) is 6.71. The minimum atomic E-state index is -0.127. The van der Waals surface area contributed by atoms with E-state index in [1.165, 1.54) is 4.88 Å². The number of amides is 1. The molecule has 0 saturated heterocycles. The van der Waals surface area contributed by atoms with Gasteiger partial charge in [0.15, 0.2) is 5.96 Å². The fourth-order valence-corrected chi connectivity index (χ4v) is 3.04. The van der Waals surface area contributed by atoms with E-state index in [-0.39, 0.29) is 5.91 Å². The van der Waals surface area contributed by atoms with Crippen molar-refractivity contribution < 1.29 is 4.79 Å². The molecule has 0 aliphatic carbocycles. The van der Waals surface area contributed by atoms with Crippen molar-refractivity contribution in [2.45, 2.75) is 26.7 Å². The van der Waals surface area contributed by atoms with Gasteiger partial charge in [-0.05, 0) is 25.5 Å². The molecule has 2 aromatic rings. The summed E-state index contributed by atoms with van der Waals surface area (Å²) in [6, 6.07) is 3.48. The van der Waals surface area contributed by atoms with Crippen LogP contribution in [0.3, 0.4) is 0 Å². The molecule has 0 fully saturated rings. The first-order valence-electron chi connectivity index (χ1n) is 8.87. The number of aromatic nitrogens is 2. The lowest BCUT2D eigenvalue weighted by Gasteiger charge is -2.11. The number of rotatable bonds is 9. The Hall–Kier alpha value is -2.48. The molecule has 0 aromatic carbocycles. The van der Waals surface area contributed by atoms with Crippen LogP contribution in [0.25, 0.3) is 0 Å². The summed E-state index contributed by atoms with van der Waals surface area (Å²) in [4.78, 5) is 26.2. The third-order valence-corrected chi connectivity index (χ3v) is 4.72. The second-order valence-electron chi connectivity index (χ2n) is 5.51. The highest BCUT2D eigenvalue weighted by atomic mass is 32.1. The Bertz CT molecular complexity index is 701. The van der Waals surface area contributed by atoms with Crippen molar-refractivity contribution >= 4 is 23.2 Å². The monoisotopic (exact) mass is 374 g/mol. The van der Waals surface area contributed by atoms with E-state index in [0.29, 0.717) is 25.2 Å². The van der Waals surface area contributed by atoms with Crippen molar-refractivity contribution in [3.05, 3.63) is 46.2 Å². The fourth-order valence-electron chi connectivity index (χ4n) is 2.19. The molecule has 1 amide bonds. The zero-order valence-electron chi connectivity index (χ0n) is 15.3. The van der Waals surface area contributed by atoms with Crippen LogP contribution in [0.15, 0.2) is 35.7 Å². The van der Waals surface area contributed by atoms with Gasteiger partial charge in [0, 0.05) is 56.1 Å². The van der Waals surface area contributed by atoms with E-state index in [1.807, 2.05) is 13.1 Å². The Morgan fingerprint density at radius 3 is 2.73 bits per heavy atom. The Morgan fingerprint density at radius 2 is 2.04 bits per heavy atom. The number of guanidine groups is 1. The molecule has 0 saturated carbocycles. The van der Waals surface area contributed by atoms with Crippen LogP contribution in [-0.4, -0.2) is 48.0 Å². The number of thiazole rings is 1. The van der Waals surface area contributed by atoms with Gasteiger partial charge in [-0.25, -0.2) is 4.98 Å². The predicted molar refractivity (Wildman–Crippen MR) is 106 cm³/mol. The molecule has 0 atom stereocenters. The minimum Gasteiger partial charge on any atom is -0.357 e. The van der Waals surface area contributed by atoms with E-state index in [1.54, 1.807) is 35.9 Å². The summed E-state index contributed by atoms with van der Waals surface area (Å²) < 4.78 is 0. The maximum Gasteiger partial charge on any atom is 0.252 e. The molecule has 0 unspecified atom stereocenters. The van der Waals surface area contributed by atoms with Gasteiger partial charge in [0.2, 0.25) is 0 Å². The van der Waals surface area contributed by atoms with Crippen LogP contribution in [0.4, 0.5) is 0 Å². The van der Waals surface area contributed by atoms with Crippen molar-refractivity contribution in [1.82, 2.24) is 25.9 Å². The Balaban J connectivity index is 1.72. The summed E-state index contributed by atoms with van der Waals surface area (Å²) in [5.41, 5.74) is 0.558. The summed E-state index contributed by atoms with van der Waals surface area (Å²) in [6.07, 6.45) is 7.00. The minimum absolute atomic E-state index is 0.127. The molecule has 7 nitrogen and oxygen atoms in total. The number of pyridine rings is 1. The largest absolute Gasteiger partial charge is 0.357 e. The van der Waals surface area contributed by atoms with E-state index < -0.39 is 0 Å². The van der Waals surface area contributed by atoms with Gasteiger partial charge >= 0.3 is 0 Å². The van der Waals surface area contributed by atoms with Crippen molar-refractivity contribution in [3.63, 3.8) is 0 Å². The summed E-state index contributed by atoms with van der Waals surface area (Å²) in [7, 11) is 0. The van der Waals surface area contributed by atoms with Crippen molar-refractivity contribution in [2.75, 3.05) is 26.2 Å². The number of hydrogen-bond acceptors (Lipinski definition) is 5. The summed E-state index contributed by atoms with van der Waals surface area (Å²) >= 11 is 1.75. The SMILES string of the molecule is CCNC(=NCCc1ncc(CC)s1)NCCNC(=O)c1cccnc1. The summed E-state index contributed by atoms with van der Waals surface area (Å²) in [5.74, 6) is 0.618. The highest BCUT2D eigenvalue weighted by Crippen LogP contribution is 2.13. The molecule has 8 heteroatoms. The van der Waals surface area contributed by atoms with E-state index >= 15 is 0 Å². The molecular weight excluding hydrogens is 348 g/mol. The standard InChI is InChI=1S/C18H26N6OS/c1-3-15-13-24-16(26-15)7-9-22-18(20-4-2)23-11-10-21-17(25)14-6-5-8-19-12-14/h5-6,8,12-13H,3-4,7,9-11H2,1-2H3,(H,21,25)(H2,20,22,23). The Kier molecular flexibility index (Phi) is 8.54. The van der Waals surface area contributed by atoms with Crippen LogP contribution in [0.2, 0.25) is 0 Å². The molecule has 140 valence electrons. The first kappa shape index (κ1) is 19.8. The van der Waals surface area contributed by atoms with Crippen LogP contribution < -0.4 is 16.0 Å². The second kappa shape index (κ2) is 11.2. The van der Waals surface area contributed by atoms with E-state index in [4.69, 9.17) is 0 Å². The Morgan fingerprint density at radius 1 is 1.19 bits per heavy atom. The predicted octanol–water partition coefficient (Wildman–Crippen LogP) is 1.63. The van der Waals surface area contributed by atoms with Gasteiger partial charge in [-0.1, -0.05) is 6.92 Å². The molecule has 2 rings (SSSR count). The lowest BCUT2D eigenvalue weighted by atomic mass is 10.3. The molecule has 2 heterocycles. The maximum atomic E-state index is 11.9. The molecule has 0 bridgehead atoms. The topological polar surface area (TPSA) is 91.3 Å². The average molecular weight is 375 g/mol. The molecule has 0 aliphatic heterocycles. The Labute approximate surface area is 158 Å². The number of aliphatic imine (C=N–C) groups is 1. The zero-order valence-corrected chi connectivity index (χ0v) is 16.1. The third kappa shape index (κ3) is 6.79. The van der Waals surface area contributed by atoms with Crippen molar-refractivity contribution in [3.8, 4) is 0 Å². The lowest BCUT2D eigenvalue weighted by molar-refractivity contribution is 0.0954. The fraction of sp³-hybridized carbons (Fsp3) is 0.444. The molecule has 0 radical (unpaired) electrons. The molecular formula is C18H26N6OS. The number of carbonyl (C=O) groups is 1. The number of carbonyl (C=O) groups excluding carboxylic acids is 1. The van der Waals surface area contributed by atoms with Gasteiger partial charge in [-0.2, -0.15) is 0 Å². The molecule has 0 spiro atoms. The van der Waals surface area contributed by atoms with E-state index in [0.717, 1.165) is 30.4 Å². The number of nitrogens with zero attached hydrogens (tertiary/aromatic N) is 3. The van der Waals surface area contributed by atoms with Gasteiger partial charge in [0.1, 0.15) is 0 Å². The zero-order chi connectivity index (χ0) is 18.6. The third-order valence-electron chi connectivity index (χ3n) is 3.52. The van der Waals surface area contributed by atoms with E-state index in [9.17, 15) is 4.79 Å². The molecule has 3 N–H and O–H groups in total. The number of hydrogen-bond donors (Lipinski definition) is 3. The van der Waals surface area contributed by atoms with Crippen LogP contribution in [-0.2, 0) is 12.8 Å². The van der Waals surface area contributed by atoms with E-state index in [2.05, 4.69) is 37.8 Å².